The highest BCUT2D eigenvalue weighted by molar-refractivity contribution is 6.30. The van der Waals surface area contributed by atoms with Crippen molar-refractivity contribution in [3.63, 3.8) is 0 Å². The van der Waals surface area contributed by atoms with Crippen molar-refractivity contribution in [2.45, 2.75) is 13.8 Å². The summed E-state index contributed by atoms with van der Waals surface area (Å²) in [6.45, 7) is 7.34. The summed E-state index contributed by atoms with van der Waals surface area (Å²) in [5, 5.41) is 3.50. The van der Waals surface area contributed by atoms with E-state index in [4.69, 9.17) is 11.6 Å². The van der Waals surface area contributed by atoms with Gasteiger partial charge in [0.15, 0.2) is 0 Å². The molecular formula is C20H23ClFN3O. The maximum absolute atomic E-state index is 13.6. The number of carbonyl (C=O) groups is 1. The maximum Gasteiger partial charge on any atom is 0.238 e. The van der Waals surface area contributed by atoms with E-state index in [0.717, 1.165) is 36.9 Å². The Labute approximate surface area is 158 Å². The Morgan fingerprint density at radius 2 is 1.77 bits per heavy atom. The van der Waals surface area contributed by atoms with E-state index in [1.54, 1.807) is 19.1 Å². The van der Waals surface area contributed by atoms with Crippen LogP contribution in [0.5, 0.6) is 0 Å². The molecule has 0 spiro atoms. The van der Waals surface area contributed by atoms with Gasteiger partial charge < -0.3 is 10.2 Å². The third kappa shape index (κ3) is 4.54. The molecule has 1 aliphatic rings. The van der Waals surface area contributed by atoms with Gasteiger partial charge in [-0.05, 0) is 49.2 Å². The van der Waals surface area contributed by atoms with E-state index >= 15 is 0 Å². The summed E-state index contributed by atoms with van der Waals surface area (Å²) >= 11 is 6.11. The van der Waals surface area contributed by atoms with E-state index < -0.39 is 0 Å². The SMILES string of the molecule is Cc1ccc(NC(=O)CN2CCN(c3cc(Cl)ccc3C)CC2)cc1F. The number of halogens is 2. The molecule has 0 unspecified atom stereocenters. The van der Waals surface area contributed by atoms with Crippen molar-refractivity contribution < 1.29 is 9.18 Å². The van der Waals surface area contributed by atoms with Gasteiger partial charge in [0.25, 0.3) is 0 Å². The Balaban J connectivity index is 1.52. The molecule has 0 saturated carbocycles. The standard InChI is InChI=1S/C20H23ClFN3O/c1-14-4-6-17(12-18(14)22)23-20(26)13-24-7-9-25(10-8-24)19-11-16(21)5-3-15(19)2/h3-6,11-12H,7-10,13H2,1-2H3,(H,23,26). The summed E-state index contributed by atoms with van der Waals surface area (Å²) < 4.78 is 13.6. The minimum Gasteiger partial charge on any atom is -0.369 e. The average Bonchev–Trinajstić information content (AvgIpc) is 2.61. The third-order valence-electron chi connectivity index (χ3n) is 4.71. The van der Waals surface area contributed by atoms with Crippen LogP contribution in [0.2, 0.25) is 5.02 Å². The lowest BCUT2D eigenvalue weighted by Crippen LogP contribution is -2.48. The summed E-state index contributed by atoms with van der Waals surface area (Å²) in [6, 6.07) is 10.7. The number of benzene rings is 2. The lowest BCUT2D eigenvalue weighted by atomic mass is 10.1. The van der Waals surface area contributed by atoms with Crippen LogP contribution in [0.4, 0.5) is 15.8 Å². The number of amides is 1. The van der Waals surface area contributed by atoms with Gasteiger partial charge in [-0.15, -0.1) is 0 Å². The first kappa shape index (κ1) is 18.7. The molecule has 0 aliphatic carbocycles. The number of hydrogen-bond donors (Lipinski definition) is 1. The molecule has 26 heavy (non-hydrogen) atoms. The number of anilines is 2. The molecule has 1 fully saturated rings. The molecule has 1 N–H and O–H groups in total. The van der Waals surface area contributed by atoms with E-state index in [2.05, 4.69) is 22.0 Å². The number of rotatable bonds is 4. The molecule has 1 heterocycles. The Kier molecular flexibility index (Phi) is 5.79. The van der Waals surface area contributed by atoms with Crippen LogP contribution in [0.1, 0.15) is 11.1 Å². The highest BCUT2D eigenvalue weighted by Crippen LogP contribution is 2.25. The van der Waals surface area contributed by atoms with Crippen molar-refractivity contribution in [1.82, 2.24) is 4.90 Å². The fourth-order valence-electron chi connectivity index (χ4n) is 3.14. The predicted octanol–water partition coefficient (Wildman–Crippen LogP) is 3.86. The fourth-order valence-corrected chi connectivity index (χ4v) is 3.31. The molecular weight excluding hydrogens is 353 g/mol. The second-order valence-electron chi connectivity index (χ2n) is 6.71. The molecule has 0 aromatic heterocycles. The number of hydrogen-bond acceptors (Lipinski definition) is 3. The summed E-state index contributed by atoms with van der Waals surface area (Å²) in [7, 11) is 0. The van der Waals surface area contributed by atoms with Gasteiger partial charge in [-0.25, -0.2) is 4.39 Å². The second kappa shape index (κ2) is 8.06. The van der Waals surface area contributed by atoms with Gasteiger partial charge in [0, 0.05) is 42.6 Å². The first-order valence-electron chi connectivity index (χ1n) is 8.72. The van der Waals surface area contributed by atoms with Gasteiger partial charge in [0.2, 0.25) is 5.91 Å². The topological polar surface area (TPSA) is 35.6 Å². The molecule has 4 nitrogen and oxygen atoms in total. The largest absolute Gasteiger partial charge is 0.369 e. The molecule has 1 saturated heterocycles. The number of carbonyl (C=O) groups excluding carboxylic acids is 1. The average molecular weight is 376 g/mol. The summed E-state index contributed by atoms with van der Waals surface area (Å²) in [5.41, 5.74) is 3.40. The predicted molar refractivity (Wildman–Crippen MR) is 105 cm³/mol. The van der Waals surface area contributed by atoms with Gasteiger partial charge in [-0.3, -0.25) is 9.69 Å². The number of piperazine rings is 1. The smallest absolute Gasteiger partial charge is 0.238 e. The molecule has 3 rings (SSSR count). The van der Waals surface area contributed by atoms with E-state index in [9.17, 15) is 9.18 Å². The monoisotopic (exact) mass is 375 g/mol. The Morgan fingerprint density at radius 1 is 1.08 bits per heavy atom. The second-order valence-corrected chi connectivity index (χ2v) is 7.14. The van der Waals surface area contributed by atoms with Gasteiger partial charge in [0.1, 0.15) is 5.82 Å². The van der Waals surface area contributed by atoms with Gasteiger partial charge in [-0.1, -0.05) is 23.7 Å². The van der Waals surface area contributed by atoms with E-state index in [-0.39, 0.29) is 11.7 Å². The Hall–Kier alpha value is -2.11. The van der Waals surface area contributed by atoms with Crippen molar-refractivity contribution in [1.29, 1.82) is 0 Å². The minimum absolute atomic E-state index is 0.124. The van der Waals surface area contributed by atoms with Crippen LogP contribution in [0.25, 0.3) is 0 Å². The van der Waals surface area contributed by atoms with Crippen molar-refractivity contribution in [3.05, 3.63) is 58.4 Å². The van der Waals surface area contributed by atoms with Crippen molar-refractivity contribution in [3.8, 4) is 0 Å². The first-order valence-corrected chi connectivity index (χ1v) is 9.09. The number of aryl methyl sites for hydroxylation is 2. The molecule has 138 valence electrons. The van der Waals surface area contributed by atoms with Crippen molar-refractivity contribution >= 4 is 28.9 Å². The molecule has 6 heteroatoms. The van der Waals surface area contributed by atoms with Crippen LogP contribution >= 0.6 is 11.6 Å². The zero-order chi connectivity index (χ0) is 18.7. The van der Waals surface area contributed by atoms with E-state index in [1.807, 2.05) is 18.2 Å². The van der Waals surface area contributed by atoms with Crippen LogP contribution in [0.3, 0.4) is 0 Å². The van der Waals surface area contributed by atoms with Gasteiger partial charge >= 0.3 is 0 Å². The van der Waals surface area contributed by atoms with Crippen molar-refractivity contribution in [2.75, 3.05) is 42.9 Å². The van der Waals surface area contributed by atoms with Gasteiger partial charge in [0.05, 0.1) is 6.54 Å². The quantitative estimate of drug-likeness (QED) is 0.881. The zero-order valence-corrected chi connectivity index (χ0v) is 15.8. The third-order valence-corrected chi connectivity index (χ3v) is 4.94. The van der Waals surface area contributed by atoms with Crippen LogP contribution < -0.4 is 10.2 Å². The fraction of sp³-hybridized carbons (Fsp3) is 0.350. The summed E-state index contributed by atoms with van der Waals surface area (Å²) in [4.78, 5) is 16.6. The molecule has 1 aliphatic heterocycles. The normalized spacial score (nSPS) is 15.2. The highest BCUT2D eigenvalue weighted by Gasteiger charge is 2.20. The van der Waals surface area contributed by atoms with Crippen LogP contribution in [-0.2, 0) is 4.79 Å². The molecule has 0 radical (unpaired) electrons. The van der Waals surface area contributed by atoms with Gasteiger partial charge in [-0.2, -0.15) is 0 Å². The Morgan fingerprint density at radius 3 is 2.46 bits per heavy atom. The van der Waals surface area contributed by atoms with E-state index in [0.29, 0.717) is 17.8 Å². The zero-order valence-electron chi connectivity index (χ0n) is 15.1. The highest BCUT2D eigenvalue weighted by atomic mass is 35.5. The van der Waals surface area contributed by atoms with E-state index in [1.165, 1.54) is 11.6 Å². The van der Waals surface area contributed by atoms with Crippen LogP contribution in [0, 0.1) is 19.7 Å². The number of nitrogens with zero attached hydrogens (tertiary/aromatic N) is 2. The summed E-state index contributed by atoms with van der Waals surface area (Å²) in [5.74, 6) is -0.436. The first-order chi connectivity index (χ1) is 12.4. The molecule has 2 aromatic rings. The minimum atomic E-state index is -0.312. The summed E-state index contributed by atoms with van der Waals surface area (Å²) in [6.07, 6.45) is 0. The maximum atomic E-state index is 13.6. The Bertz CT molecular complexity index is 804. The lowest BCUT2D eigenvalue weighted by Gasteiger charge is -2.36. The number of nitrogens with one attached hydrogen (secondary N) is 1. The lowest BCUT2D eigenvalue weighted by molar-refractivity contribution is -0.117. The van der Waals surface area contributed by atoms with Crippen molar-refractivity contribution in [2.24, 2.45) is 0 Å². The molecule has 1 amide bonds. The molecule has 2 aromatic carbocycles. The molecule has 0 atom stereocenters. The molecule has 0 bridgehead atoms. The van der Waals surface area contributed by atoms with Crippen LogP contribution in [-0.4, -0.2) is 43.5 Å². The van der Waals surface area contributed by atoms with Crippen LogP contribution in [0.15, 0.2) is 36.4 Å².